The van der Waals surface area contributed by atoms with E-state index < -0.39 is 6.10 Å². The summed E-state index contributed by atoms with van der Waals surface area (Å²) in [4.78, 5) is 38.2. The lowest BCUT2D eigenvalue weighted by molar-refractivity contribution is -0.166. The fourth-order valence-corrected chi connectivity index (χ4v) is 9.07. The Morgan fingerprint density at radius 1 is 0.266 bits per heavy atom. The summed E-state index contributed by atoms with van der Waals surface area (Å²) in [5.74, 6) is -0.996. The Morgan fingerprint density at radius 3 is 0.848 bits per heavy atom. The number of allylic oxidation sites excluding steroid dienone is 20. The average Bonchev–Trinajstić information content (AvgIpc) is 3.45. The molecule has 450 valence electrons. The van der Waals surface area contributed by atoms with Crippen LogP contribution < -0.4 is 0 Å². The highest BCUT2D eigenvalue weighted by molar-refractivity contribution is 5.71. The van der Waals surface area contributed by atoms with Crippen LogP contribution in [-0.2, 0) is 28.6 Å². The lowest BCUT2D eigenvalue weighted by Crippen LogP contribution is -2.30. The second-order valence-corrected chi connectivity index (χ2v) is 21.6. The number of carbonyl (C=O) groups excluding carboxylic acids is 3. The van der Waals surface area contributed by atoms with Crippen LogP contribution in [0.4, 0.5) is 0 Å². The third kappa shape index (κ3) is 64.5. The van der Waals surface area contributed by atoms with Crippen LogP contribution in [0.25, 0.3) is 0 Å². The normalized spacial score (nSPS) is 12.9. The molecule has 0 N–H and O–H groups in total. The standard InChI is InChI=1S/C73H122O6/c1-4-7-10-13-16-19-22-25-27-29-30-31-32-33-34-35-36-37-38-39-40-41-42-44-45-48-51-54-57-60-63-66-72(75)78-69-70(68-77-71(74)65-62-59-56-53-50-47-24-21-18-15-12-9-6-3)79-73(76)67-64-61-58-55-52-49-46-43-28-26-23-20-17-14-11-8-5-2/h8-9,11-12,17-18,20-22,25-26,28-30,32-33,47,50,56,59,70H,4-7,10,13-16,19,23-24,27,31,34-46,48-49,51-55,57-58,60-69H2,1-3H3/b11-8-,12-9-,20-17-,21-18-,25-22-,28-26-,30-29-,33-32-,50-47-,59-56-. The third-order valence-electron chi connectivity index (χ3n) is 13.9. The van der Waals surface area contributed by atoms with E-state index in [0.717, 1.165) is 103 Å². The van der Waals surface area contributed by atoms with E-state index in [9.17, 15) is 14.4 Å². The molecule has 0 radical (unpaired) electrons. The molecule has 0 rings (SSSR count). The predicted octanol–water partition coefficient (Wildman–Crippen LogP) is 22.8. The van der Waals surface area contributed by atoms with Gasteiger partial charge in [-0.2, -0.15) is 0 Å². The minimum Gasteiger partial charge on any atom is -0.462 e. The summed E-state index contributed by atoms with van der Waals surface area (Å²) in [7, 11) is 0. The highest BCUT2D eigenvalue weighted by Crippen LogP contribution is 2.16. The van der Waals surface area contributed by atoms with Gasteiger partial charge >= 0.3 is 17.9 Å². The summed E-state index contributed by atoms with van der Waals surface area (Å²) in [5.41, 5.74) is 0. The Hall–Kier alpha value is -4.19. The van der Waals surface area contributed by atoms with Gasteiger partial charge in [0.05, 0.1) is 0 Å². The quantitative estimate of drug-likeness (QED) is 0.0261. The number of hydrogen-bond acceptors (Lipinski definition) is 6. The predicted molar refractivity (Wildman–Crippen MR) is 343 cm³/mol. The monoisotopic (exact) mass is 1090 g/mol. The number of rotatable bonds is 59. The molecule has 0 aliphatic rings. The molecule has 0 bridgehead atoms. The molecule has 6 nitrogen and oxygen atoms in total. The molecule has 0 amide bonds. The number of ether oxygens (including phenoxy) is 3. The van der Waals surface area contributed by atoms with Crippen molar-refractivity contribution in [2.45, 2.75) is 309 Å². The summed E-state index contributed by atoms with van der Waals surface area (Å²) in [6.45, 7) is 6.35. The molecule has 0 saturated heterocycles. The van der Waals surface area contributed by atoms with Crippen molar-refractivity contribution in [2.75, 3.05) is 13.2 Å². The summed E-state index contributed by atoms with van der Waals surface area (Å²) in [5, 5.41) is 0. The highest BCUT2D eigenvalue weighted by atomic mass is 16.6. The molecule has 6 heteroatoms. The Balaban J connectivity index is 4.25. The van der Waals surface area contributed by atoms with E-state index in [0.29, 0.717) is 19.3 Å². The molecule has 0 aromatic heterocycles. The molecule has 0 aliphatic carbocycles. The summed E-state index contributed by atoms with van der Waals surface area (Å²) < 4.78 is 16.8. The maximum absolute atomic E-state index is 12.9. The Bertz CT molecular complexity index is 1640. The van der Waals surface area contributed by atoms with Gasteiger partial charge in [-0.05, 0) is 116 Å². The van der Waals surface area contributed by atoms with Crippen molar-refractivity contribution in [2.24, 2.45) is 0 Å². The molecule has 0 heterocycles. The summed E-state index contributed by atoms with van der Waals surface area (Å²) in [6.07, 6.45) is 92.4. The SMILES string of the molecule is CC/C=C\C/C=C\C/C=C\C/C=C\CCC(=O)OCC(COC(=O)CCCCCCCCCCCCCCCCCC/C=C\C/C=C\C/C=C\CCCCCCC)OC(=O)CCCCCCCCC/C=C\C/C=C\C/C=C\CC. The first-order valence-corrected chi connectivity index (χ1v) is 33.0. The van der Waals surface area contributed by atoms with E-state index >= 15 is 0 Å². The van der Waals surface area contributed by atoms with Crippen LogP contribution in [-0.4, -0.2) is 37.2 Å². The number of hydrogen-bond donors (Lipinski definition) is 0. The molecule has 0 fully saturated rings. The first-order chi connectivity index (χ1) is 39.0. The van der Waals surface area contributed by atoms with E-state index in [2.05, 4.69) is 136 Å². The zero-order valence-electron chi connectivity index (χ0n) is 51.6. The van der Waals surface area contributed by atoms with Crippen LogP contribution in [0.5, 0.6) is 0 Å². The summed E-state index contributed by atoms with van der Waals surface area (Å²) >= 11 is 0. The molecule has 79 heavy (non-hydrogen) atoms. The van der Waals surface area contributed by atoms with Crippen molar-refractivity contribution < 1.29 is 28.6 Å². The van der Waals surface area contributed by atoms with Crippen molar-refractivity contribution >= 4 is 17.9 Å². The molecule has 0 aromatic carbocycles. The minimum absolute atomic E-state index is 0.105. The minimum atomic E-state index is -0.815. The van der Waals surface area contributed by atoms with Crippen molar-refractivity contribution in [3.8, 4) is 0 Å². The molecule has 0 saturated carbocycles. The number of carbonyl (C=O) groups is 3. The van der Waals surface area contributed by atoms with E-state index in [4.69, 9.17) is 14.2 Å². The lowest BCUT2D eigenvalue weighted by atomic mass is 10.0. The number of unbranched alkanes of at least 4 members (excludes halogenated alkanes) is 28. The van der Waals surface area contributed by atoms with Crippen molar-refractivity contribution in [3.05, 3.63) is 122 Å². The van der Waals surface area contributed by atoms with Gasteiger partial charge in [-0.1, -0.05) is 290 Å². The Kier molecular flexibility index (Phi) is 62.8. The van der Waals surface area contributed by atoms with Gasteiger partial charge in [-0.25, -0.2) is 0 Å². The van der Waals surface area contributed by atoms with Gasteiger partial charge in [0, 0.05) is 19.3 Å². The molecular formula is C73H122O6. The molecule has 1 atom stereocenters. The largest absolute Gasteiger partial charge is 0.462 e. The van der Waals surface area contributed by atoms with Gasteiger partial charge in [0.2, 0.25) is 0 Å². The lowest BCUT2D eigenvalue weighted by Gasteiger charge is -2.18. The van der Waals surface area contributed by atoms with E-state index in [-0.39, 0.29) is 37.5 Å². The van der Waals surface area contributed by atoms with Gasteiger partial charge in [0.25, 0.3) is 0 Å². The first kappa shape index (κ1) is 74.8. The second kappa shape index (κ2) is 66.3. The maximum atomic E-state index is 12.9. The summed E-state index contributed by atoms with van der Waals surface area (Å²) in [6, 6.07) is 0. The van der Waals surface area contributed by atoms with Crippen LogP contribution in [0.2, 0.25) is 0 Å². The van der Waals surface area contributed by atoms with Crippen molar-refractivity contribution in [1.29, 1.82) is 0 Å². The molecular weight excluding hydrogens is 973 g/mol. The van der Waals surface area contributed by atoms with E-state index in [1.807, 2.05) is 6.08 Å². The van der Waals surface area contributed by atoms with Crippen LogP contribution in [0, 0.1) is 0 Å². The van der Waals surface area contributed by atoms with Crippen LogP contribution in [0.1, 0.15) is 303 Å². The molecule has 0 spiro atoms. The van der Waals surface area contributed by atoms with Gasteiger partial charge < -0.3 is 14.2 Å². The topological polar surface area (TPSA) is 78.9 Å². The number of esters is 3. The Morgan fingerprint density at radius 2 is 0.519 bits per heavy atom. The fourth-order valence-electron chi connectivity index (χ4n) is 9.07. The van der Waals surface area contributed by atoms with Gasteiger partial charge in [-0.3, -0.25) is 14.4 Å². The highest BCUT2D eigenvalue weighted by Gasteiger charge is 2.19. The Labute approximate surface area is 488 Å². The van der Waals surface area contributed by atoms with Crippen LogP contribution in [0.15, 0.2) is 122 Å². The molecule has 1 unspecified atom stereocenters. The van der Waals surface area contributed by atoms with Crippen LogP contribution in [0.3, 0.4) is 0 Å². The molecule has 0 aliphatic heterocycles. The molecule has 0 aromatic rings. The van der Waals surface area contributed by atoms with Crippen molar-refractivity contribution in [3.63, 3.8) is 0 Å². The van der Waals surface area contributed by atoms with E-state index in [1.54, 1.807) is 0 Å². The van der Waals surface area contributed by atoms with E-state index in [1.165, 1.54) is 154 Å². The average molecular weight is 1100 g/mol. The fraction of sp³-hybridized carbons (Fsp3) is 0.685. The van der Waals surface area contributed by atoms with Crippen LogP contribution >= 0.6 is 0 Å². The van der Waals surface area contributed by atoms with Crippen molar-refractivity contribution in [1.82, 2.24) is 0 Å². The van der Waals surface area contributed by atoms with Gasteiger partial charge in [-0.15, -0.1) is 0 Å². The smallest absolute Gasteiger partial charge is 0.306 e. The maximum Gasteiger partial charge on any atom is 0.306 e. The zero-order valence-corrected chi connectivity index (χ0v) is 51.6. The van der Waals surface area contributed by atoms with Gasteiger partial charge in [0.15, 0.2) is 6.10 Å². The second-order valence-electron chi connectivity index (χ2n) is 21.6. The van der Waals surface area contributed by atoms with Gasteiger partial charge in [0.1, 0.15) is 13.2 Å². The third-order valence-corrected chi connectivity index (χ3v) is 13.9. The zero-order chi connectivity index (χ0) is 57.1. The first-order valence-electron chi connectivity index (χ1n) is 33.0.